The fourth-order valence-corrected chi connectivity index (χ4v) is 6.78. The van der Waals surface area contributed by atoms with E-state index in [1.165, 1.54) is 6.42 Å². The minimum absolute atomic E-state index is 0.307. The maximum Gasteiger partial charge on any atom is 0.240 e. The van der Waals surface area contributed by atoms with Gasteiger partial charge in [0.25, 0.3) is 0 Å². The van der Waals surface area contributed by atoms with Crippen LogP contribution < -0.4 is 9.62 Å². The molecule has 4 aliphatic heterocycles. The van der Waals surface area contributed by atoms with Gasteiger partial charge in [0.15, 0.2) is 0 Å². The van der Waals surface area contributed by atoms with Crippen LogP contribution in [-0.4, -0.2) is 81.6 Å². The standard InChI is InChI=1S/C25H35N5O2S/c1-20-5-7-24(8-6-20)33(31,32)27-17-23-16-21-9-11-30(23)19-22(21)18-28-12-14-29(15-13-28)25-4-2-3-10-26-25/h2-8,10,21-23,27H,9,11-19H2,1H3/t21-,22-,23+/m0/s1. The van der Waals surface area contributed by atoms with Crippen molar-refractivity contribution in [3.8, 4) is 0 Å². The third kappa shape index (κ3) is 5.24. The number of rotatable bonds is 7. The molecule has 2 bridgehead atoms. The zero-order chi connectivity index (χ0) is 22.8. The lowest BCUT2D eigenvalue weighted by Crippen LogP contribution is -2.59. The van der Waals surface area contributed by atoms with Gasteiger partial charge >= 0.3 is 0 Å². The molecule has 6 rings (SSSR count). The second-order valence-corrected chi connectivity index (χ2v) is 11.6. The van der Waals surface area contributed by atoms with Crippen LogP contribution in [-0.2, 0) is 10.0 Å². The Hall–Kier alpha value is -2.00. The summed E-state index contributed by atoms with van der Waals surface area (Å²) in [5.41, 5.74) is 1.06. The number of hydrogen-bond donors (Lipinski definition) is 1. The summed E-state index contributed by atoms with van der Waals surface area (Å²) in [6, 6.07) is 13.5. The molecule has 1 unspecified atom stereocenters. The normalized spacial score (nSPS) is 28.2. The molecular formula is C25H35N5O2S. The molecule has 4 atom stereocenters. The summed E-state index contributed by atoms with van der Waals surface area (Å²) in [5, 5.41) is 0. The van der Waals surface area contributed by atoms with Crippen LogP contribution in [0.15, 0.2) is 53.6 Å². The van der Waals surface area contributed by atoms with Crippen LogP contribution in [0.1, 0.15) is 18.4 Å². The minimum Gasteiger partial charge on any atom is -0.354 e. The van der Waals surface area contributed by atoms with Crippen molar-refractivity contribution in [2.75, 3.05) is 57.3 Å². The largest absolute Gasteiger partial charge is 0.354 e. The van der Waals surface area contributed by atoms with Crippen molar-refractivity contribution in [3.05, 3.63) is 54.2 Å². The van der Waals surface area contributed by atoms with Crippen molar-refractivity contribution in [2.24, 2.45) is 11.8 Å². The summed E-state index contributed by atoms with van der Waals surface area (Å²) in [7, 11) is -3.45. The molecule has 5 heterocycles. The number of benzene rings is 1. The first kappa shape index (κ1) is 22.8. The van der Waals surface area contributed by atoms with Gasteiger partial charge in [0.2, 0.25) is 10.0 Å². The van der Waals surface area contributed by atoms with Crippen LogP contribution in [0.25, 0.3) is 0 Å². The molecule has 2 aromatic rings. The Morgan fingerprint density at radius 1 is 1.03 bits per heavy atom. The van der Waals surface area contributed by atoms with Crippen LogP contribution in [0.3, 0.4) is 0 Å². The number of hydrogen-bond acceptors (Lipinski definition) is 6. The maximum absolute atomic E-state index is 12.7. The highest BCUT2D eigenvalue weighted by atomic mass is 32.2. The number of nitrogens with zero attached hydrogens (tertiary/aromatic N) is 4. The Balaban J connectivity index is 1.11. The van der Waals surface area contributed by atoms with E-state index in [0.717, 1.165) is 63.6 Å². The quantitative estimate of drug-likeness (QED) is 0.671. The summed E-state index contributed by atoms with van der Waals surface area (Å²) < 4.78 is 28.3. The smallest absolute Gasteiger partial charge is 0.240 e. The first-order valence-corrected chi connectivity index (χ1v) is 13.6. The first-order valence-electron chi connectivity index (χ1n) is 12.2. The van der Waals surface area contributed by atoms with Crippen LogP contribution in [0, 0.1) is 18.8 Å². The van der Waals surface area contributed by atoms with Gasteiger partial charge in [-0.3, -0.25) is 9.80 Å². The molecule has 8 heteroatoms. The minimum atomic E-state index is -3.45. The molecule has 1 aromatic carbocycles. The van der Waals surface area contributed by atoms with Gasteiger partial charge in [-0.1, -0.05) is 23.8 Å². The third-order valence-corrected chi connectivity index (χ3v) is 9.13. The molecule has 7 nitrogen and oxygen atoms in total. The number of aromatic nitrogens is 1. The fraction of sp³-hybridized carbons (Fsp3) is 0.560. The lowest BCUT2D eigenvalue weighted by Gasteiger charge is -2.51. The predicted molar refractivity (Wildman–Crippen MR) is 131 cm³/mol. The van der Waals surface area contributed by atoms with Crippen LogP contribution >= 0.6 is 0 Å². The number of fused-ring (bicyclic) bond motifs is 3. The summed E-state index contributed by atoms with van der Waals surface area (Å²) in [6.07, 6.45) is 4.20. The van der Waals surface area contributed by atoms with Gasteiger partial charge < -0.3 is 4.90 Å². The van der Waals surface area contributed by atoms with E-state index in [1.54, 1.807) is 12.1 Å². The van der Waals surface area contributed by atoms with Gasteiger partial charge in [-0.15, -0.1) is 0 Å². The summed E-state index contributed by atoms with van der Waals surface area (Å²) in [6.45, 7) is 10.0. The molecule has 0 spiro atoms. The average Bonchev–Trinajstić information content (AvgIpc) is 2.85. The zero-order valence-electron chi connectivity index (χ0n) is 19.4. The molecule has 0 amide bonds. The van der Waals surface area contributed by atoms with Gasteiger partial charge in [0, 0.05) is 58.1 Å². The molecule has 0 aliphatic carbocycles. The van der Waals surface area contributed by atoms with Gasteiger partial charge in [-0.25, -0.2) is 18.1 Å². The number of piperidine rings is 3. The Morgan fingerprint density at radius 3 is 2.48 bits per heavy atom. The van der Waals surface area contributed by atoms with Crippen LogP contribution in [0.4, 0.5) is 5.82 Å². The molecule has 0 saturated carbocycles. The van der Waals surface area contributed by atoms with E-state index >= 15 is 0 Å². The molecule has 33 heavy (non-hydrogen) atoms. The maximum atomic E-state index is 12.7. The molecular weight excluding hydrogens is 434 g/mol. The average molecular weight is 470 g/mol. The molecule has 1 aromatic heterocycles. The van der Waals surface area contributed by atoms with Crippen molar-refractivity contribution in [1.29, 1.82) is 0 Å². The SMILES string of the molecule is Cc1ccc(S(=O)(=O)NC[C@H]2C[C@@H]3CCN2C[C@@H]3CN2CCN(c3ccccn3)CC2)cc1. The molecule has 4 aliphatic rings. The highest BCUT2D eigenvalue weighted by Crippen LogP contribution is 2.36. The summed E-state index contributed by atoms with van der Waals surface area (Å²) >= 11 is 0. The number of sulfonamides is 1. The lowest BCUT2D eigenvalue weighted by molar-refractivity contribution is -0.0108. The number of nitrogens with one attached hydrogen (secondary N) is 1. The third-order valence-electron chi connectivity index (χ3n) is 7.69. The van der Waals surface area contributed by atoms with Crippen molar-refractivity contribution in [3.63, 3.8) is 0 Å². The molecule has 178 valence electrons. The monoisotopic (exact) mass is 469 g/mol. The van der Waals surface area contributed by atoms with Crippen molar-refractivity contribution in [1.82, 2.24) is 19.5 Å². The topological polar surface area (TPSA) is 68.8 Å². The van der Waals surface area contributed by atoms with E-state index in [0.29, 0.717) is 29.3 Å². The van der Waals surface area contributed by atoms with E-state index in [9.17, 15) is 8.42 Å². The number of aryl methyl sites for hydroxylation is 1. The van der Waals surface area contributed by atoms with E-state index < -0.39 is 10.0 Å². The van der Waals surface area contributed by atoms with Crippen molar-refractivity contribution in [2.45, 2.75) is 30.7 Å². The second kappa shape index (κ2) is 9.70. The molecule has 0 radical (unpaired) electrons. The summed E-state index contributed by atoms with van der Waals surface area (Å²) in [5.74, 6) is 2.46. The number of anilines is 1. The van der Waals surface area contributed by atoms with Gasteiger partial charge in [-0.05, 0) is 62.4 Å². The Morgan fingerprint density at radius 2 is 1.82 bits per heavy atom. The highest BCUT2D eigenvalue weighted by Gasteiger charge is 2.41. The van der Waals surface area contributed by atoms with E-state index in [2.05, 4.69) is 36.5 Å². The summed E-state index contributed by atoms with van der Waals surface area (Å²) in [4.78, 5) is 12.4. The predicted octanol–water partition coefficient (Wildman–Crippen LogP) is 2.20. The number of piperazine rings is 1. The first-order chi connectivity index (χ1) is 16.0. The molecule has 4 fully saturated rings. The van der Waals surface area contributed by atoms with Crippen molar-refractivity contribution >= 4 is 15.8 Å². The molecule has 4 saturated heterocycles. The van der Waals surface area contributed by atoms with Crippen molar-refractivity contribution < 1.29 is 8.42 Å². The van der Waals surface area contributed by atoms with Crippen LogP contribution in [0.5, 0.6) is 0 Å². The Labute approximate surface area is 197 Å². The van der Waals surface area contributed by atoms with Gasteiger partial charge in [0.1, 0.15) is 5.82 Å². The Bertz CT molecular complexity index is 1020. The number of pyridine rings is 1. The fourth-order valence-electron chi connectivity index (χ4n) is 5.71. The van der Waals surface area contributed by atoms with E-state index in [4.69, 9.17) is 0 Å². The zero-order valence-corrected chi connectivity index (χ0v) is 20.3. The molecule has 1 N–H and O–H groups in total. The highest BCUT2D eigenvalue weighted by molar-refractivity contribution is 7.89. The Kier molecular flexibility index (Phi) is 6.69. The second-order valence-electron chi connectivity index (χ2n) is 9.83. The van der Waals surface area contributed by atoms with Gasteiger partial charge in [0.05, 0.1) is 4.90 Å². The van der Waals surface area contributed by atoms with Gasteiger partial charge in [-0.2, -0.15) is 0 Å². The van der Waals surface area contributed by atoms with Crippen LogP contribution in [0.2, 0.25) is 0 Å². The van der Waals surface area contributed by atoms with E-state index in [1.807, 2.05) is 31.3 Å². The lowest BCUT2D eigenvalue weighted by atomic mass is 9.75. The van der Waals surface area contributed by atoms with E-state index in [-0.39, 0.29) is 0 Å².